The molecular formula is C38H38FN5S2. The molecule has 8 heteroatoms. The van der Waals surface area contributed by atoms with Crippen LogP contribution in [0.1, 0.15) is 70.2 Å². The molecular weight excluding hydrogens is 610 g/mol. The van der Waals surface area contributed by atoms with Crippen LogP contribution in [0.2, 0.25) is 0 Å². The summed E-state index contributed by atoms with van der Waals surface area (Å²) in [7, 11) is 0. The van der Waals surface area contributed by atoms with Gasteiger partial charge in [-0.3, -0.25) is 9.56 Å². The molecule has 5 nitrogen and oxygen atoms in total. The van der Waals surface area contributed by atoms with E-state index < -0.39 is 0 Å². The SMILES string of the molecule is C=C(CC)CC1N=C(c2ccc(-c3ccc(C(=C)NCc4ccc(SC)c(F)c4)cc3)cc2)c2c(sc(C)c2C)-n2c(C)nnc21. The number of nitrogens with one attached hydrogen (secondary N) is 1. The second-order valence-corrected chi connectivity index (χ2v) is 13.7. The van der Waals surface area contributed by atoms with E-state index in [2.05, 4.69) is 103 Å². The highest BCUT2D eigenvalue weighted by atomic mass is 32.2. The molecule has 1 unspecified atom stereocenters. The first kappa shape index (κ1) is 31.7. The fraction of sp³-hybridized carbons (Fsp3) is 0.237. The number of nitrogens with zero attached hydrogens (tertiary/aromatic N) is 4. The zero-order valence-electron chi connectivity index (χ0n) is 26.9. The highest BCUT2D eigenvalue weighted by Crippen LogP contribution is 2.40. The maximum Gasteiger partial charge on any atom is 0.163 e. The maximum atomic E-state index is 14.2. The molecule has 5 aromatic rings. The maximum absolute atomic E-state index is 14.2. The van der Waals surface area contributed by atoms with Crippen LogP contribution in [0.4, 0.5) is 4.39 Å². The second-order valence-electron chi connectivity index (χ2n) is 11.7. The lowest BCUT2D eigenvalue weighted by atomic mass is 9.96. The number of thioether (sulfide) groups is 1. The molecule has 0 saturated carbocycles. The number of thiophene rings is 1. The Bertz CT molecular complexity index is 1970. The van der Waals surface area contributed by atoms with E-state index >= 15 is 0 Å². The number of aryl methyl sites for hydroxylation is 2. The molecule has 234 valence electrons. The lowest BCUT2D eigenvalue weighted by Gasteiger charge is -2.14. The zero-order chi connectivity index (χ0) is 32.5. The van der Waals surface area contributed by atoms with Gasteiger partial charge in [-0.15, -0.1) is 33.3 Å². The van der Waals surface area contributed by atoms with E-state index in [-0.39, 0.29) is 11.9 Å². The normalized spacial score (nSPS) is 13.9. The molecule has 0 amide bonds. The van der Waals surface area contributed by atoms with Gasteiger partial charge in [-0.05, 0) is 79.8 Å². The number of aliphatic imine (C=N–C) groups is 1. The Balaban J connectivity index is 1.25. The molecule has 1 atom stereocenters. The smallest absolute Gasteiger partial charge is 0.163 e. The van der Waals surface area contributed by atoms with E-state index in [4.69, 9.17) is 4.99 Å². The zero-order valence-corrected chi connectivity index (χ0v) is 28.6. The highest BCUT2D eigenvalue weighted by molar-refractivity contribution is 7.98. The molecule has 1 aliphatic heterocycles. The molecule has 6 rings (SSSR count). The molecule has 3 heterocycles. The van der Waals surface area contributed by atoms with Gasteiger partial charge in [0.1, 0.15) is 22.7 Å². The molecule has 0 saturated heterocycles. The summed E-state index contributed by atoms with van der Waals surface area (Å²) in [6.45, 7) is 17.5. The van der Waals surface area contributed by atoms with Crippen molar-refractivity contribution in [2.45, 2.75) is 58.0 Å². The fourth-order valence-corrected chi connectivity index (χ4v) is 7.43. The molecule has 1 aliphatic rings. The van der Waals surface area contributed by atoms with Crippen molar-refractivity contribution in [3.05, 3.63) is 136 Å². The van der Waals surface area contributed by atoms with Crippen LogP contribution in [-0.4, -0.2) is 26.7 Å². The van der Waals surface area contributed by atoms with Gasteiger partial charge in [0.05, 0.1) is 5.71 Å². The summed E-state index contributed by atoms with van der Waals surface area (Å²) in [5.74, 6) is 1.55. The molecule has 0 fully saturated rings. The lowest BCUT2D eigenvalue weighted by Crippen LogP contribution is -2.11. The topological polar surface area (TPSA) is 55.1 Å². The molecule has 3 aromatic carbocycles. The van der Waals surface area contributed by atoms with E-state index in [1.165, 1.54) is 22.2 Å². The minimum Gasteiger partial charge on any atom is -0.381 e. The number of halogens is 1. The van der Waals surface area contributed by atoms with Crippen molar-refractivity contribution >= 4 is 34.5 Å². The highest BCUT2D eigenvalue weighted by Gasteiger charge is 2.31. The molecule has 46 heavy (non-hydrogen) atoms. The van der Waals surface area contributed by atoms with Crippen molar-refractivity contribution in [2.24, 2.45) is 4.99 Å². The summed E-state index contributed by atoms with van der Waals surface area (Å²) < 4.78 is 16.4. The first-order valence-corrected chi connectivity index (χ1v) is 17.5. The van der Waals surface area contributed by atoms with Gasteiger partial charge in [-0.2, -0.15) is 0 Å². The van der Waals surface area contributed by atoms with Crippen LogP contribution in [0.3, 0.4) is 0 Å². The van der Waals surface area contributed by atoms with Crippen molar-refractivity contribution in [3.8, 4) is 16.1 Å². The van der Waals surface area contributed by atoms with E-state index in [0.717, 1.165) is 79.9 Å². The van der Waals surface area contributed by atoms with Gasteiger partial charge in [0.25, 0.3) is 0 Å². The number of rotatable bonds is 10. The van der Waals surface area contributed by atoms with Crippen LogP contribution in [-0.2, 0) is 6.54 Å². The fourth-order valence-electron chi connectivity index (χ4n) is 5.76. The van der Waals surface area contributed by atoms with Crippen LogP contribution >= 0.6 is 23.1 Å². The number of hydrogen-bond acceptors (Lipinski definition) is 6. The third-order valence-electron chi connectivity index (χ3n) is 8.67. The Kier molecular flexibility index (Phi) is 9.11. The van der Waals surface area contributed by atoms with Gasteiger partial charge in [0.15, 0.2) is 5.82 Å². The summed E-state index contributed by atoms with van der Waals surface area (Å²) >= 11 is 3.18. The summed E-state index contributed by atoms with van der Waals surface area (Å²) in [4.78, 5) is 7.31. The summed E-state index contributed by atoms with van der Waals surface area (Å²) in [6, 6.07) is 22.2. The molecule has 0 bridgehead atoms. The third-order valence-corrected chi connectivity index (χ3v) is 10.6. The van der Waals surface area contributed by atoms with Crippen LogP contribution in [0, 0.1) is 26.6 Å². The predicted molar refractivity (Wildman–Crippen MR) is 192 cm³/mol. The molecule has 2 aromatic heterocycles. The average molecular weight is 648 g/mol. The van der Waals surface area contributed by atoms with Crippen LogP contribution in [0.15, 0.2) is 95.3 Å². The predicted octanol–water partition coefficient (Wildman–Crippen LogP) is 9.79. The Morgan fingerprint density at radius 2 is 1.63 bits per heavy atom. The van der Waals surface area contributed by atoms with Crippen molar-refractivity contribution in [1.29, 1.82) is 0 Å². The Morgan fingerprint density at radius 1 is 0.957 bits per heavy atom. The van der Waals surface area contributed by atoms with Crippen LogP contribution in [0.5, 0.6) is 0 Å². The van der Waals surface area contributed by atoms with E-state index in [0.29, 0.717) is 11.4 Å². The monoisotopic (exact) mass is 647 g/mol. The van der Waals surface area contributed by atoms with Gasteiger partial charge in [-0.25, -0.2) is 4.39 Å². The second kappa shape index (κ2) is 13.2. The van der Waals surface area contributed by atoms with Gasteiger partial charge in [0.2, 0.25) is 0 Å². The molecule has 0 aliphatic carbocycles. The van der Waals surface area contributed by atoms with Gasteiger partial charge < -0.3 is 5.32 Å². The number of hydrogen-bond donors (Lipinski definition) is 1. The summed E-state index contributed by atoms with van der Waals surface area (Å²) in [6.07, 6.45) is 3.51. The van der Waals surface area contributed by atoms with Crippen LogP contribution in [0.25, 0.3) is 21.8 Å². The van der Waals surface area contributed by atoms with Crippen LogP contribution < -0.4 is 5.32 Å². The van der Waals surface area contributed by atoms with Gasteiger partial charge in [-0.1, -0.05) is 80.3 Å². The Hall–Kier alpha value is -4.27. The Labute approximate surface area is 279 Å². The Morgan fingerprint density at radius 3 is 2.28 bits per heavy atom. The third kappa shape index (κ3) is 6.11. The molecule has 1 N–H and O–H groups in total. The standard InChI is InChI=1S/C38H38FN5S2/c1-8-22(2)19-33-37-43-42-26(6)44(37)38-35(23(3)25(5)46-38)36(41-33)31-16-14-30(15-17-31)29-12-10-28(11-13-29)24(4)40-21-27-9-18-34(45-7)32(39)20-27/h9-18,20,33,40H,2,4,8,19,21H2,1,3,5-7H3. The van der Waals surface area contributed by atoms with Crippen molar-refractivity contribution < 1.29 is 4.39 Å². The lowest BCUT2D eigenvalue weighted by molar-refractivity contribution is 0.599. The average Bonchev–Trinajstić information content (AvgIpc) is 3.55. The van der Waals surface area contributed by atoms with Crippen molar-refractivity contribution in [2.75, 3.05) is 6.26 Å². The van der Waals surface area contributed by atoms with E-state index in [1.54, 1.807) is 17.4 Å². The number of benzene rings is 3. The summed E-state index contributed by atoms with van der Waals surface area (Å²) in [5, 5.41) is 13.5. The first-order chi connectivity index (χ1) is 22.2. The minimum atomic E-state index is -0.193. The van der Waals surface area contributed by atoms with E-state index in [1.807, 2.05) is 25.3 Å². The molecule has 0 radical (unpaired) electrons. The van der Waals surface area contributed by atoms with Gasteiger partial charge >= 0.3 is 0 Å². The largest absolute Gasteiger partial charge is 0.381 e. The van der Waals surface area contributed by atoms with Gasteiger partial charge in [0, 0.05) is 33.1 Å². The van der Waals surface area contributed by atoms with Crippen molar-refractivity contribution in [3.63, 3.8) is 0 Å². The first-order valence-electron chi connectivity index (χ1n) is 15.4. The molecule has 0 spiro atoms. The van der Waals surface area contributed by atoms with E-state index in [9.17, 15) is 4.39 Å². The minimum absolute atomic E-state index is 0.161. The number of aromatic nitrogens is 3. The number of fused-ring (bicyclic) bond motifs is 3. The van der Waals surface area contributed by atoms with Crippen molar-refractivity contribution in [1.82, 2.24) is 20.1 Å². The summed E-state index contributed by atoms with van der Waals surface area (Å²) in [5.41, 5.74) is 10.5. The quantitative estimate of drug-likeness (QED) is 0.121.